The smallest absolute Gasteiger partial charge is 0.364 e. The molecule has 0 aromatic rings. The van der Waals surface area contributed by atoms with E-state index in [4.69, 9.17) is 13.3 Å². The van der Waals surface area contributed by atoms with Gasteiger partial charge in [0.1, 0.15) is 0 Å². The van der Waals surface area contributed by atoms with Crippen LogP contribution in [0.1, 0.15) is 72.6 Å². The van der Waals surface area contributed by atoms with Crippen LogP contribution < -0.4 is 0 Å². The van der Waals surface area contributed by atoms with E-state index in [0.717, 1.165) is 19.4 Å². The van der Waals surface area contributed by atoms with Crippen molar-refractivity contribution in [2.75, 3.05) is 27.9 Å². The van der Waals surface area contributed by atoms with Gasteiger partial charge in [-0.3, -0.25) is 4.57 Å². The summed E-state index contributed by atoms with van der Waals surface area (Å²) in [5, 5.41) is 0. The van der Waals surface area contributed by atoms with Crippen LogP contribution in [0.3, 0.4) is 0 Å². The van der Waals surface area contributed by atoms with Crippen LogP contribution >= 0.6 is 0 Å². The van der Waals surface area contributed by atoms with Gasteiger partial charge in [-0.25, -0.2) is 0 Å². The van der Waals surface area contributed by atoms with Crippen molar-refractivity contribution in [3.05, 3.63) is 0 Å². The molecule has 0 bridgehead atoms. The highest BCUT2D eigenvalue weighted by atomic mass is 28.4. The normalized spacial score (nSPS) is 13.1. The fourth-order valence-electron chi connectivity index (χ4n) is 2.91. The van der Waals surface area contributed by atoms with Crippen LogP contribution in [0.25, 0.3) is 0 Å². The summed E-state index contributed by atoms with van der Waals surface area (Å²) in [6.45, 7) is 9.93. The zero-order valence-electron chi connectivity index (χ0n) is 15.3. The van der Waals surface area contributed by atoms with Crippen LogP contribution in [0.5, 0.6) is 0 Å². The van der Waals surface area contributed by atoms with Gasteiger partial charge >= 0.3 is 8.97 Å². The minimum atomic E-state index is -2.75. The van der Waals surface area contributed by atoms with Crippen molar-refractivity contribution in [1.29, 1.82) is 0 Å². The molecule has 0 saturated carbocycles. The summed E-state index contributed by atoms with van der Waals surface area (Å²) < 4.78 is 19.4. The van der Waals surface area contributed by atoms with E-state index in [-0.39, 0.29) is 5.54 Å². The van der Waals surface area contributed by atoms with Crippen molar-refractivity contribution in [3.63, 3.8) is 0 Å². The summed E-state index contributed by atoms with van der Waals surface area (Å²) in [6, 6.07) is 0. The van der Waals surface area contributed by atoms with Crippen molar-refractivity contribution in [2.45, 2.75) is 78.2 Å². The Hall–Kier alpha value is 0.0569. The predicted octanol–water partition coefficient (Wildman–Crippen LogP) is 4.21. The third-order valence-corrected chi connectivity index (χ3v) is 7.21. The molecule has 0 fully saturated rings. The van der Waals surface area contributed by atoms with Crippen LogP contribution in [0.4, 0.5) is 0 Å². The maximum Gasteiger partial charge on any atom is 0.599 e. The monoisotopic (exact) mass is 319 g/mol. The molecule has 0 N–H and O–H groups in total. The summed E-state index contributed by atoms with van der Waals surface area (Å²) in [4.78, 5) is 0. The molecule has 0 aromatic carbocycles. The van der Waals surface area contributed by atoms with Crippen molar-refractivity contribution < 1.29 is 13.3 Å². The van der Waals surface area contributed by atoms with E-state index in [2.05, 4.69) is 32.3 Å². The summed E-state index contributed by atoms with van der Waals surface area (Å²) in [7, 11) is 2.34. The molecule has 0 atom stereocenters. The number of nitrogens with zero attached hydrogens (tertiary/aromatic N) is 1. The van der Waals surface area contributed by atoms with E-state index in [1.165, 1.54) is 32.1 Å². The molecule has 0 aromatic heterocycles. The minimum absolute atomic E-state index is 0.0243. The number of hydrogen-bond acceptors (Lipinski definition) is 4. The fourth-order valence-corrected chi connectivity index (χ4v) is 5.42. The van der Waals surface area contributed by atoms with E-state index in [1.807, 2.05) is 0 Å². The molecule has 0 rings (SSSR count). The van der Waals surface area contributed by atoms with Crippen molar-refractivity contribution in [2.24, 2.45) is 0 Å². The highest BCUT2D eigenvalue weighted by Crippen LogP contribution is 2.29. The van der Waals surface area contributed by atoms with E-state index in [1.54, 1.807) is 21.3 Å². The topological polar surface area (TPSA) is 30.9 Å². The van der Waals surface area contributed by atoms with Gasteiger partial charge in [-0.15, -0.1) is 0 Å². The Kier molecular flexibility index (Phi) is 10.8. The zero-order chi connectivity index (χ0) is 16.4. The molecular formula is C16H37NO3Si. The lowest BCUT2D eigenvalue weighted by atomic mass is 9.96. The fraction of sp³-hybridized carbons (Fsp3) is 1.00. The molecule has 0 radical (unpaired) electrons. The van der Waals surface area contributed by atoms with E-state index >= 15 is 0 Å². The van der Waals surface area contributed by atoms with Crippen LogP contribution in [0.15, 0.2) is 0 Å². The number of rotatable bonds is 13. The number of unbranched alkanes of at least 4 members (excludes halogenated alkanes) is 4. The largest absolute Gasteiger partial charge is 0.599 e. The molecule has 0 heterocycles. The first-order valence-electron chi connectivity index (χ1n) is 8.37. The molecule has 4 nitrogen and oxygen atoms in total. The SMILES string of the molecule is CCCCCCCC(C)(C)N(CCC)[Si](OC)(OC)OC. The standard InChI is InChI=1S/C16H37NO3Si/c1-8-10-11-12-13-14-16(3,4)17(15-9-2)21(18-5,19-6)20-7/h8-15H2,1-7H3. The van der Waals surface area contributed by atoms with Crippen LogP contribution in [0, 0.1) is 0 Å². The molecule has 128 valence electrons. The quantitative estimate of drug-likeness (QED) is 0.376. The molecule has 0 aliphatic rings. The highest BCUT2D eigenvalue weighted by Gasteiger charge is 2.51. The second-order valence-corrected chi connectivity index (χ2v) is 9.08. The van der Waals surface area contributed by atoms with E-state index in [0.29, 0.717) is 0 Å². The second kappa shape index (κ2) is 10.7. The predicted molar refractivity (Wildman–Crippen MR) is 91.2 cm³/mol. The Bertz CT molecular complexity index is 250. The maximum absolute atomic E-state index is 5.70. The maximum atomic E-state index is 5.70. The molecule has 0 unspecified atom stereocenters. The van der Waals surface area contributed by atoms with E-state index in [9.17, 15) is 0 Å². The minimum Gasteiger partial charge on any atom is -0.364 e. The first kappa shape index (κ1) is 21.1. The average Bonchev–Trinajstić information content (AvgIpc) is 2.48. The molecule has 0 aliphatic carbocycles. The Morgan fingerprint density at radius 2 is 1.33 bits per heavy atom. The third kappa shape index (κ3) is 6.36. The van der Waals surface area contributed by atoms with Gasteiger partial charge in [-0.2, -0.15) is 0 Å². The molecule has 21 heavy (non-hydrogen) atoms. The van der Waals surface area contributed by atoms with Crippen molar-refractivity contribution >= 4 is 8.97 Å². The molecule has 0 aliphatic heterocycles. The lowest BCUT2D eigenvalue weighted by Gasteiger charge is -2.45. The first-order chi connectivity index (χ1) is 9.94. The Balaban J connectivity index is 4.80. The molecule has 5 heteroatoms. The summed E-state index contributed by atoms with van der Waals surface area (Å²) in [5.41, 5.74) is 0.0243. The summed E-state index contributed by atoms with van der Waals surface area (Å²) in [6.07, 6.45) is 8.71. The Morgan fingerprint density at radius 1 is 0.810 bits per heavy atom. The summed E-state index contributed by atoms with van der Waals surface area (Å²) in [5.74, 6) is 0. The van der Waals surface area contributed by atoms with Crippen molar-refractivity contribution in [1.82, 2.24) is 4.57 Å². The van der Waals surface area contributed by atoms with Gasteiger partial charge in [0.25, 0.3) is 0 Å². The zero-order valence-corrected chi connectivity index (χ0v) is 16.3. The first-order valence-corrected chi connectivity index (χ1v) is 10.0. The molecule has 0 amide bonds. The molecule has 0 saturated heterocycles. The van der Waals surface area contributed by atoms with Crippen molar-refractivity contribution in [3.8, 4) is 0 Å². The Labute approximate surface area is 133 Å². The third-order valence-electron chi connectivity index (χ3n) is 4.17. The van der Waals surface area contributed by atoms with E-state index < -0.39 is 8.97 Å². The van der Waals surface area contributed by atoms with Crippen LogP contribution in [-0.4, -0.2) is 46.9 Å². The Morgan fingerprint density at radius 3 is 1.76 bits per heavy atom. The second-order valence-electron chi connectivity index (χ2n) is 6.26. The van der Waals surface area contributed by atoms with Crippen LogP contribution in [-0.2, 0) is 13.3 Å². The van der Waals surface area contributed by atoms with Gasteiger partial charge in [0.05, 0.1) is 0 Å². The van der Waals surface area contributed by atoms with Gasteiger partial charge in [-0.05, 0) is 33.2 Å². The molecule has 0 spiro atoms. The van der Waals surface area contributed by atoms with Gasteiger partial charge in [0.15, 0.2) is 0 Å². The lowest BCUT2D eigenvalue weighted by molar-refractivity contribution is 0.0160. The van der Waals surface area contributed by atoms with Gasteiger partial charge in [-0.1, -0.05) is 46.0 Å². The van der Waals surface area contributed by atoms with Gasteiger partial charge in [0.2, 0.25) is 0 Å². The highest BCUT2D eigenvalue weighted by molar-refractivity contribution is 6.57. The van der Waals surface area contributed by atoms with Crippen LogP contribution in [0.2, 0.25) is 0 Å². The summed E-state index contributed by atoms with van der Waals surface area (Å²) >= 11 is 0. The number of hydrogen-bond donors (Lipinski definition) is 0. The van der Waals surface area contributed by atoms with Gasteiger partial charge in [0, 0.05) is 26.9 Å². The molecular weight excluding hydrogens is 282 g/mol. The van der Waals surface area contributed by atoms with Gasteiger partial charge < -0.3 is 13.3 Å². The lowest BCUT2D eigenvalue weighted by Crippen LogP contribution is -2.66. The average molecular weight is 320 g/mol.